The molecule has 0 fully saturated rings. The van der Waals surface area contributed by atoms with Gasteiger partial charge in [-0.1, -0.05) is 0 Å². The van der Waals surface area contributed by atoms with E-state index in [9.17, 15) is 9.18 Å². The van der Waals surface area contributed by atoms with Crippen molar-refractivity contribution in [1.82, 2.24) is 0 Å². The lowest BCUT2D eigenvalue weighted by Gasteiger charge is -2.06. The Bertz CT molecular complexity index is 322. The molecule has 15 heavy (non-hydrogen) atoms. The molecule has 1 unspecified atom stereocenters. The maximum absolute atomic E-state index is 12.5. The summed E-state index contributed by atoms with van der Waals surface area (Å²) in [4.78, 5) is 11.3. The molecule has 4 heteroatoms. The van der Waals surface area contributed by atoms with E-state index in [1.807, 2.05) is 0 Å². The number of aliphatic hydroxyl groups excluding tert-OH is 1. The van der Waals surface area contributed by atoms with Gasteiger partial charge in [-0.2, -0.15) is 0 Å². The van der Waals surface area contributed by atoms with E-state index in [2.05, 4.69) is 5.32 Å². The Balaban J connectivity index is 2.41. The first-order valence-electron chi connectivity index (χ1n) is 4.81. The first kappa shape index (κ1) is 11.7. The van der Waals surface area contributed by atoms with Crippen LogP contribution in [-0.4, -0.2) is 17.1 Å². The molecular formula is C11H14FNO2. The van der Waals surface area contributed by atoms with Crippen molar-refractivity contribution in [2.24, 2.45) is 0 Å². The van der Waals surface area contributed by atoms with Gasteiger partial charge in [0.15, 0.2) is 0 Å². The lowest BCUT2D eigenvalue weighted by atomic mass is 10.2. The van der Waals surface area contributed by atoms with Crippen LogP contribution in [0.5, 0.6) is 0 Å². The zero-order valence-corrected chi connectivity index (χ0v) is 8.53. The Kier molecular flexibility index (Phi) is 4.24. The van der Waals surface area contributed by atoms with Gasteiger partial charge in [-0.25, -0.2) is 4.39 Å². The summed E-state index contributed by atoms with van der Waals surface area (Å²) >= 11 is 0. The highest BCUT2D eigenvalue weighted by molar-refractivity contribution is 5.90. The Morgan fingerprint density at radius 3 is 2.60 bits per heavy atom. The summed E-state index contributed by atoms with van der Waals surface area (Å²) < 4.78 is 12.5. The average molecular weight is 211 g/mol. The normalized spacial score (nSPS) is 12.2. The summed E-state index contributed by atoms with van der Waals surface area (Å²) in [6, 6.07) is 5.56. The minimum absolute atomic E-state index is 0.178. The van der Waals surface area contributed by atoms with Gasteiger partial charge >= 0.3 is 0 Å². The van der Waals surface area contributed by atoms with Crippen molar-refractivity contribution in [2.75, 3.05) is 5.32 Å². The van der Waals surface area contributed by atoms with Crippen molar-refractivity contribution in [3.63, 3.8) is 0 Å². The largest absolute Gasteiger partial charge is 0.393 e. The van der Waals surface area contributed by atoms with Crippen molar-refractivity contribution >= 4 is 11.6 Å². The van der Waals surface area contributed by atoms with Gasteiger partial charge < -0.3 is 10.4 Å². The number of aliphatic hydroxyl groups is 1. The third kappa shape index (κ3) is 4.56. The highest BCUT2D eigenvalue weighted by Gasteiger charge is 2.04. The second-order valence-corrected chi connectivity index (χ2v) is 3.44. The van der Waals surface area contributed by atoms with Gasteiger partial charge in [-0.15, -0.1) is 0 Å². The quantitative estimate of drug-likeness (QED) is 0.799. The number of halogens is 1. The van der Waals surface area contributed by atoms with E-state index in [0.29, 0.717) is 12.1 Å². The molecule has 1 aromatic carbocycles. The van der Waals surface area contributed by atoms with E-state index in [1.165, 1.54) is 24.3 Å². The first-order valence-corrected chi connectivity index (χ1v) is 4.81. The fourth-order valence-electron chi connectivity index (χ4n) is 1.10. The molecule has 1 rings (SSSR count). The van der Waals surface area contributed by atoms with E-state index in [-0.39, 0.29) is 18.1 Å². The molecule has 1 aromatic rings. The molecule has 0 aliphatic carbocycles. The zero-order chi connectivity index (χ0) is 11.3. The summed E-state index contributed by atoms with van der Waals surface area (Å²) in [6.07, 6.45) is 0.200. The lowest BCUT2D eigenvalue weighted by molar-refractivity contribution is -0.116. The number of hydrogen-bond donors (Lipinski definition) is 2. The molecule has 0 aromatic heterocycles. The van der Waals surface area contributed by atoms with Crippen molar-refractivity contribution in [3.05, 3.63) is 30.1 Å². The highest BCUT2D eigenvalue weighted by atomic mass is 19.1. The van der Waals surface area contributed by atoms with Crippen LogP contribution in [0, 0.1) is 5.82 Å². The fourth-order valence-corrected chi connectivity index (χ4v) is 1.10. The summed E-state index contributed by atoms with van der Waals surface area (Å²) in [5, 5.41) is 11.6. The topological polar surface area (TPSA) is 49.3 Å². The Morgan fingerprint density at radius 2 is 2.07 bits per heavy atom. The Morgan fingerprint density at radius 1 is 1.47 bits per heavy atom. The number of nitrogens with one attached hydrogen (secondary N) is 1. The molecular weight excluding hydrogens is 197 g/mol. The van der Waals surface area contributed by atoms with Crippen LogP contribution in [0.4, 0.5) is 10.1 Å². The fraction of sp³-hybridized carbons (Fsp3) is 0.364. The number of anilines is 1. The van der Waals surface area contributed by atoms with Crippen LogP contribution in [0.1, 0.15) is 19.8 Å². The second-order valence-electron chi connectivity index (χ2n) is 3.44. The monoisotopic (exact) mass is 211 g/mol. The van der Waals surface area contributed by atoms with Crippen LogP contribution >= 0.6 is 0 Å². The third-order valence-electron chi connectivity index (χ3n) is 1.92. The number of carbonyl (C=O) groups is 1. The van der Waals surface area contributed by atoms with Crippen LogP contribution in [0.15, 0.2) is 24.3 Å². The van der Waals surface area contributed by atoms with Crippen LogP contribution in [0.25, 0.3) is 0 Å². The van der Waals surface area contributed by atoms with Gasteiger partial charge in [0.25, 0.3) is 0 Å². The maximum atomic E-state index is 12.5. The van der Waals surface area contributed by atoms with Crippen molar-refractivity contribution < 1.29 is 14.3 Å². The molecule has 1 atom stereocenters. The molecule has 0 bridgehead atoms. The minimum Gasteiger partial charge on any atom is -0.393 e. The van der Waals surface area contributed by atoms with E-state index >= 15 is 0 Å². The summed E-state index contributed by atoms with van der Waals surface area (Å²) in [5.41, 5.74) is 0.562. The van der Waals surface area contributed by atoms with Crippen LogP contribution in [-0.2, 0) is 4.79 Å². The zero-order valence-electron chi connectivity index (χ0n) is 8.53. The molecule has 0 saturated heterocycles. The minimum atomic E-state index is -0.482. The van der Waals surface area contributed by atoms with E-state index < -0.39 is 6.10 Å². The number of carbonyl (C=O) groups excluding carboxylic acids is 1. The predicted molar refractivity (Wildman–Crippen MR) is 55.9 cm³/mol. The van der Waals surface area contributed by atoms with Crippen molar-refractivity contribution in [2.45, 2.75) is 25.9 Å². The highest BCUT2D eigenvalue weighted by Crippen LogP contribution is 2.09. The van der Waals surface area contributed by atoms with Crippen LogP contribution in [0.3, 0.4) is 0 Å². The molecule has 0 radical (unpaired) electrons. The number of amides is 1. The van der Waals surface area contributed by atoms with Gasteiger partial charge in [-0.05, 0) is 37.6 Å². The van der Waals surface area contributed by atoms with E-state index in [1.54, 1.807) is 6.92 Å². The summed E-state index contributed by atoms with van der Waals surface area (Å²) in [5.74, 6) is -0.514. The predicted octanol–water partition coefficient (Wildman–Crippen LogP) is 1.93. The number of benzene rings is 1. The Hall–Kier alpha value is -1.42. The van der Waals surface area contributed by atoms with Gasteiger partial charge in [-0.3, -0.25) is 4.79 Å². The Labute approximate surface area is 87.9 Å². The van der Waals surface area contributed by atoms with Crippen molar-refractivity contribution in [3.8, 4) is 0 Å². The molecule has 82 valence electrons. The van der Waals surface area contributed by atoms with Gasteiger partial charge in [0.05, 0.1) is 6.10 Å². The maximum Gasteiger partial charge on any atom is 0.224 e. The summed E-state index contributed by atoms with van der Waals surface area (Å²) in [6.45, 7) is 1.63. The molecule has 0 heterocycles. The number of hydrogen-bond acceptors (Lipinski definition) is 2. The molecule has 0 saturated carbocycles. The van der Waals surface area contributed by atoms with Crippen molar-refractivity contribution in [1.29, 1.82) is 0 Å². The van der Waals surface area contributed by atoms with Gasteiger partial charge in [0, 0.05) is 12.1 Å². The van der Waals surface area contributed by atoms with E-state index in [0.717, 1.165) is 0 Å². The molecule has 0 aliphatic heterocycles. The summed E-state index contributed by atoms with van der Waals surface area (Å²) in [7, 11) is 0. The SMILES string of the molecule is CC(O)CCC(=O)Nc1ccc(F)cc1. The molecule has 0 spiro atoms. The standard InChI is InChI=1S/C11H14FNO2/c1-8(14)2-7-11(15)13-10-5-3-9(12)4-6-10/h3-6,8,14H,2,7H2,1H3,(H,13,15). The van der Waals surface area contributed by atoms with E-state index in [4.69, 9.17) is 5.11 Å². The van der Waals surface area contributed by atoms with Gasteiger partial charge in [0.2, 0.25) is 5.91 Å². The molecule has 3 nitrogen and oxygen atoms in total. The molecule has 0 aliphatic rings. The van der Waals surface area contributed by atoms with Gasteiger partial charge in [0.1, 0.15) is 5.82 Å². The van der Waals surface area contributed by atoms with Crippen LogP contribution in [0.2, 0.25) is 0 Å². The smallest absolute Gasteiger partial charge is 0.224 e. The number of rotatable bonds is 4. The average Bonchev–Trinajstić information content (AvgIpc) is 2.19. The molecule has 1 amide bonds. The lowest BCUT2D eigenvalue weighted by Crippen LogP contribution is -2.13. The first-order chi connectivity index (χ1) is 7.08. The van der Waals surface area contributed by atoms with Crippen LogP contribution < -0.4 is 5.32 Å². The third-order valence-corrected chi connectivity index (χ3v) is 1.92. The molecule has 2 N–H and O–H groups in total. The second kappa shape index (κ2) is 5.46.